The van der Waals surface area contributed by atoms with Gasteiger partial charge in [-0.15, -0.1) is 0 Å². The van der Waals surface area contributed by atoms with Crippen LogP contribution in [0.2, 0.25) is 0 Å². The lowest BCUT2D eigenvalue weighted by atomic mass is 10.1. The normalized spacial score (nSPS) is 10.9. The minimum absolute atomic E-state index is 0.0775. The third-order valence-corrected chi connectivity index (χ3v) is 4.50. The minimum atomic E-state index is -0.145. The second-order valence-electron chi connectivity index (χ2n) is 5.28. The first-order valence-corrected chi connectivity index (χ1v) is 9.71. The predicted octanol–water partition coefficient (Wildman–Crippen LogP) is 5.31. The molecule has 0 bridgehead atoms. The van der Waals surface area contributed by atoms with Crippen LogP contribution in [0.4, 0.5) is 0 Å². The maximum atomic E-state index is 11.9. The first kappa shape index (κ1) is 20.0. The topological polar surface area (TPSA) is 46.2 Å². The van der Waals surface area contributed by atoms with Gasteiger partial charge in [-0.3, -0.25) is 9.59 Å². The lowest BCUT2D eigenvalue weighted by molar-refractivity contribution is -0.116. The predicted molar refractivity (Wildman–Crippen MR) is 102 cm³/mol. The maximum Gasteiger partial charge on any atom is 0.244 e. The lowest BCUT2D eigenvalue weighted by Crippen LogP contribution is -2.21. The molecule has 0 spiro atoms. The van der Waals surface area contributed by atoms with Crippen molar-refractivity contribution >= 4 is 38.7 Å². The summed E-state index contributed by atoms with van der Waals surface area (Å²) in [4.78, 5) is 23.5. The van der Waals surface area contributed by atoms with Crippen LogP contribution in [0.1, 0.15) is 55.8 Å². The molecule has 1 aromatic carbocycles. The Kier molecular flexibility index (Phi) is 10.7. The van der Waals surface area contributed by atoms with Crippen molar-refractivity contribution in [3.05, 3.63) is 45.8 Å². The summed E-state index contributed by atoms with van der Waals surface area (Å²) in [6, 6.07) is 7.20. The van der Waals surface area contributed by atoms with Crippen LogP contribution in [-0.4, -0.2) is 17.6 Å². The van der Waals surface area contributed by atoms with Crippen molar-refractivity contribution in [2.45, 2.75) is 45.4 Å². The first-order chi connectivity index (χ1) is 11.1. The summed E-state index contributed by atoms with van der Waals surface area (Å²) >= 11 is 4.35. The number of carbonyl (C=O) groups excluding carboxylic acids is 2. The largest absolute Gasteiger partial charge is 0.353 e. The number of amides is 1. The smallest absolute Gasteiger partial charge is 0.244 e. The molecular weight excluding hydrogens is 374 g/mol. The number of rotatable bonds is 10. The van der Waals surface area contributed by atoms with E-state index in [0.717, 1.165) is 29.1 Å². The van der Waals surface area contributed by atoms with E-state index in [2.05, 4.69) is 28.2 Å². The molecule has 1 N–H and O–H groups in total. The quantitative estimate of drug-likeness (QED) is 0.429. The van der Waals surface area contributed by atoms with Crippen LogP contribution in [0.3, 0.4) is 0 Å². The average molecular weight is 398 g/mol. The van der Waals surface area contributed by atoms with Gasteiger partial charge in [0.05, 0.1) is 0 Å². The highest BCUT2D eigenvalue weighted by atomic mass is 79.9. The zero-order chi connectivity index (χ0) is 16.9. The fourth-order valence-corrected chi connectivity index (χ4v) is 2.99. The Morgan fingerprint density at radius 1 is 1.17 bits per heavy atom. The van der Waals surface area contributed by atoms with Crippen molar-refractivity contribution in [2.24, 2.45) is 0 Å². The molecule has 0 heterocycles. The van der Waals surface area contributed by atoms with Crippen molar-refractivity contribution in [1.82, 2.24) is 5.32 Å². The van der Waals surface area contributed by atoms with Gasteiger partial charge in [-0.2, -0.15) is 0 Å². The van der Waals surface area contributed by atoms with E-state index < -0.39 is 0 Å². The molecule has 0 unspecified atom stereocenters. The van der Waals surface area contributed by atoms with Gasteiger partial charge in [-0.1, -0.05) is 78.9 Å². The van der Waals surface area contributed by atoms with Crippen molar-refractivity contribution in [3.8, 4) is 0 Å². The molecule has 1 aromatic rings. The van der Waals surface area contributed by atoms with E-state index in [1.807, 2.05) is 12.1 Å². The molecule has 0 radical (unpaired) electrons. The average Bonchev–Trinajstić information content (AvgIpc) is 2.54. The van der Waals surface area contributed by atoms with Gasteiger partial charge in [-0.25, -0.2) is 0 Å². The number of hydrogen-bond donors (Lipinski definition) is 1. The van der Waals surface area contributed by atoms with Crippen LogP contribution < -0.4 is 5.32 Å². The third-order valence-electron chi connectivity index (χ3n) is 3.28. The van der Waals surface area contributed by atoms with Gasteiger partial charge in [0.25, 0.3) is 0 Å². The molecule has 0 saturated carbocycles. The Morgan fingerprint density at radius 2 is 1.91 bits per heavy atom. The molecular formula is C18H24BrNO2S. The molecule has 1 amide bonds. The van der Waals surface area contributed by atoms with E-state index in [9.17, 15) is 9.59 Å². The zero-order valence-corrected chi connectivity index (χ0v) is 15.9. The molecule has 126 valence electrons. The number of hydrogen-bond acceptors (Lipinski definition) is 3. The van der Waals surface area contributed by atoms with Gasteiger partial charge in [-0.05, 0) is 24.0 Å². The number of unbranched alkanes of at least 4 members (excludes halogenated alkanes) is 5. The summed E-state index contributed by atoms with van der Waals surface area (Å²) in [5.74, 6) is -0.145. The van der Waals surface area contributed by atoms with Gasteiger partial charge in [0.2, 0.25) is 11.0 Å². The van der Waals surface area contributed by atoms with Gasteiger partial charge in [0, 0.05) is 22.7 Å². The minimum Gasteiger partial charge on any atom is -0.353 e. The van der Waals surface area contributed by atoms with E-state index in [4.69, 9.17) is 0 Å². The van der Waals surface area contributed by atoms with E-state index in [1.165, 1.54) is 31.8 Å². The number of carbonyl (C=O) groups is 2. The second-order valence-corrected chi connectivity index (χ2v) is 7.07. The van der Waals surface area contributed by atoms with Crippen molar-refractivity contribution < 1.29 is 9.59 Å². The van der Waals surface area contributed by atoms with Crippen LogP contribution >= 0.6 is 27.7 Å². The van der Waals surface area contributed by atoms with Crippen LogP contribution in [0, 0.1) is 0 Å². The number of benzene rings is 1. The standard InChI is InChI=1S/C18H24BrNO2S/c1-2-3-4-5-6-7-12-20-17(21)11-13-23-18(22)15-9-8-10-16(19)14-15/h8-11,13-14H,2-7,12H2,1H3,(H,20,21)/b13-11-. The molecule has 1 rings (SSSR count). The summed E-state index contributed by atoms with van der Waals surface area (Å²) in [5.41, 5.74) is 0.613. The SMILES string of the molecule is CCCCCCCCNC(=O)/C=C\SC(=O)c1cccc(Br)c1. The molecule has 0 aliphatic heterocycles. The molecule has 0 atom stereocenters. The van der Waals surface area contributed by atoms with Gasteiger partial charge in [0.1, 0.15) is 0 Å². The van der Waals surface area contributed by atoms with Crippen LogP contribution in [-0.2, 0) is 4.79 Å². The van der Waals surface area contributed by atoms with E-state index >= 15 is 0 Å². The molecule has 23 heavy (non-hydrogen) atoms. The van der Waals surface area contributed by atoms with Gasteiger partial charge < -0.3 is 5.32 Å². The van der Waals surface area contributed by atoms with Crippen LogP contribution in [0.15, 0.2) is 40.2 Å². The number of nitrogens with one attached hydrogen (secondary N) is 1. The Labute approximate surface area is 151 Å². The van der Waals surface area contributed by atoms with Gasteiger partial charge >= 0.3 is 0 Å². The Morgan fingerprint density at radius 3 is 2.65 bits per heavy atom. The maximum absolute atomic E-state index is 11.9. The van der Waals surface area contributed by atoms with E-state index in [0.29, 0.717) is 12.1 Å². The fraction of sp³-hybridized carbons (Fsp3) is 0.444. The molecule has 0 fully saturated rings. The lowest BCUT2D eigenvalue weighted by Gasteiger charge is -2.02. The number of halogens is 1. The van der Waals surface area contributed by atoms with E-state index in [1.54, 1.807) is 17.5 Å². The summed E-state index contributed by atoms with van der Waals surface area (Å²) in [7, 11) is 0. The van der Waals surface area contributed by atoms with Crippen LogP contribution in [0.5, 0.6) is 0 Å². The van der Waals surface area contributed by atoms with Crippen molar-refractivity contribution in [2.75, 3.05) is 6.54 Å². The Hall–Kier alpha value is -1.07. The second kappa shape index (κ2) is 12.4. The molecule has 0 aliphatic rings. The fourth-order valence-electron chi connectivity index (χ4n) is 2.02. The molecule has 3 nitrogen and oxygen atoms in total. The summed E-state index contributed by atoms with van der Waals surface area (Å²) in [6.45, 7) is 2.89. The summed E-state index contributed by atoms with van der Waals surface area (Å²) in [6.07, 6.45) is 8.62. The highest BCUT2D eigenvalue weighted by Gasteiger charge is 2.05. The first-order valence-electron chi connectivity index (χ1n) is 8.04. The third kappa shape index (κ3) is 9.61. The highest BCUT2D eigenvalue weighted by molar-refractivity contribution is 9.10. The monoisotopic (exact) mass is 397 g/mol. The Bertz CT molecular complexity index is 532. The summed E-state index contributed by atoms with van der Waals surface area (Å²) in [5, 5.41) is 4.30. The summed E-state index contributed by atoms with van der Waals surface area (Å²) < 4.78 is 0.865. The number of thioether (sulfide) groups is 1. The van der Waals surface area contributed by atoms with Crippen molar-refractivity contribution in [3.63, 3.8) is 0 Å². The Balaban J connectivity index is 2.16. The van der Waals surface area contributed by atoms with Gasteiger partial charge in [0.15, 0.2) is 0 Å². The van der Waals surface area contributed by atoms with Crippen LogP contribution in [0.25, 0.3) is 0 Å². The van der Waals surface area contributed by atoms with Crippen molar-refractivity contribution in [1.29, 1.82) is 0 Å². The highest BCUT2D eigenvalue weighted by Crippen LogP contribution is 2.17. The molecule has 0 aliphatic carbocycles. The molecule has 0 aromatic heterocycles. The van der Waals surface area contributed by atoms with E-state index in [-0.39, 0.29) is 11.0 Å². The molecule has 0 saturated heterocycles. The molecule has 5 heteroatoms. The zero-order valence-electron chi connectivity index (χ0n) is 13.5.